The van der Waals surface area contributed by atoms with Crippen molar-refractivity contribution >= 4 is 0 Å². The van der Waals surface area contributed by atoms with E-state index in [0.717, 1.165) is 18.4 Å². The van der Waals surface area contributed by atoms with Crippen LogP contribution in [0.15, 0.2) is 12.1 Å². The van der Waals surface area contributed by atoms with Gasteiger partial charge in [-0.25, -0.2) is 8.78 Å². The van der Waals surface area contributed by atoms with Gasteiger partial charge in [0.2, 0.25) is 6.43 Å². The standard InChI is InChI=1S/C21H32F2O2/c1-13(2)16-9-8-14(3)10-17(16)21-18(24)11-15(12-19(21)25)6-4-5-7-20(22)23/h11-14,16-17,20,24-25H,4-10H2,1-3H3. The number of hydrogen-bond donors (Lipinski definition) is 2. The lowest BCUT2D eigenvalue weighted by Crippen LogP contribution is -2.26. The Morgan fingerprint density at radius 1 is 1.08 bits per heavy atom. The monoisotopic (exact) mass is 354 g/mol. The molecule has 1 saturated carbocycles. The third-order valence-corrected chi connectivity index (χ3v) is 5.73. The first-order valence-corrected chi connectivity index (χ1v) is 9.62. The van der Waals surface area contributed by atoms with Gasteiger partial charge in [0, 0.05) is 12.0 Å². The molecule has 4 heteroatoms. The number of alkyl halides is 2. The third-order valence-electron chi connectivity index (χ3n) is 5.73. The van der Waals surface area contributed by atoms with Gasteiger partial charge >= 0.3 is 0 Å². The Kier molecular flexibility index (Phi) is 7.09. The Hall–Kier alpha value is -1.32. The summed E-state index contributed by atoms with van der Waals surface area (Å²) in [6, 6.07) is 3.43. The van der Waals surface area contributed by atoms with E-state index in [0.29, 0.717) is 42.6 Å². The predicted molar refractivity (Wildman–Crippen MR) is 97.4 cm³/mol. The maximum Gasteiger partial charge on any atom is 0.238 e. The summed E-state index contributed by atoms with van der Waals surface area (Å²) in [4.78, 5) is 0. The normalized spacial score (nSPS) is 24.2. The molecule has 0 radical (unpaired) electrons. The molecule has 0 spiro atoms. The highest BCUT2D eigenvalue weighted by Gasteiger charge is 2.34. The van der Waals surface area contributed by atoms with Gasteiger partial charge in [-0.1, -0.05) is 27.2 Å². The lowest BCUT2D eigenvalue weighted by Gasteiger charge is -2.38. The van der Waals surface area contributed by atoms with E-state index in [1.807, 2.05) is 0 Å². The summed E-state index contributed by atoms with van der Waals surface area (Å²) in [6.45, 7) is 6.65. The van der Waals surface area contributed by atoms with Gasteiger partial charge < -0.3 is 10.2 Å². The van der Waals surface area contributed by atoms with E-state index in [9.17, 15) is 19.0 Å². The predicted octanol–water partition coefficient (Wildman–Crippen LogP) is 6.25. The molecule has 0 saturated heterocycles. The molecule has 1 aliphatic carbocycles. The van der Waals surface area contributed by atoms with Crippen molar-refractivity contribution in [2.75, 3.05) is 0 Å². The van der Waals surface area contributed by atoms with Crippen LogP contribution in [0.4, 0.5) is 8.78 Å². The van der Waals surface area contributed by atoms with E-state index in [-0.39, 0.29) is 23.8 Å². The molecule has 0 amide bonds. The number of phenols is 2. The molecule has 2 N–H and O–H groups in total. The Morgan fingerprint density at radius 3 is 2.28 bits per heavy atom. The minimum Gasteiger partial charge on any atom is -0.508 e. The smallest absolute Gasteiger partial charge is 0.238 e. The second-order valence-electron chi connectivity index (χ2n) is 8.12. The number of phenolic OH excluding ortho intramolecular Hbond substituents is 2. The van der Waals surface area contributed by atoms with Crippen molar-refractivity contribution in [2.24, 2.45) is 17.8 Å². The molecule has 2 nitrogen and oxygen atoms in total. The van der Waals surface area contributed by atoms with Crippen LogP contribution in [-0.2, 0) is 6.42 Å². The minimum absolute atomic E-state index is 0.0912. The van der Waals surface area contributed by atoms with Crippen molar-refractivity contribution in [1.29, 1.82) is 0 Å². The van der Waals surface area contributed by atoms with Crippen molar-refractivity contribution in [1.82, 2.24) is 0 Å². The average molecular weight is 354 g/mol. The first-order valence-electron chi connectivity index (χ1n) is 9.62. The van der Waals surface area contributed by atoms with Crippen LogP contribution < -0.4 is 0 Å². The molecule has 0 heterocycles. The molecule has 0 aromatic heterocycles. The van der Waals surface area contributed by atoms with E-state index >= 15 is 0 Å². The molecular weight excluding hydrogens is 322 g/mol. The molecule has 2 rings (SSSR count). The summed E-state index contributed by atoms with van der Waals surface area (Å²) < 4.78 is 24.4. The molecule has 1 aromatic rings. The molecule has 1 fully saturated rings. The van der Waals surface area contributed by atoms with Crippen LogP contribution in [0.2, 0.25) is 0 Å². The summed E-state index contributed by atoms with van der Waals surface area (Å²) in [7, 11) is 0. The fraction of sp³-hybridized carbons (Fsp3) is 0.714. The van der Waals surface area contributed by atoms with Crippen LogP contribution in [0.5, 0.6) is 11.5 Å². The van der Waals surface area contributed by atoms with Crippen LogP contribution in [0, 0.1) is 17.8 Å². The van der Waals surface area contributed by atoms with Crippen molar-refractivity contribution in [3.63, 3.8) is 0 Å². The second kappa shape index (κ2) is 8.86. The van der Waals surface area contributed by atoms with Crippen LogP contribution in [0.25, 0.3) is 0 Å². The topological polar surface area (TPSA) is 40.5 Å². The number of halogens is 2. The fourth-order valence-electron chi connectivity index (χ4n) is 4.37. The fourth-order valence-corrected chi connectivity index (χ4v) is 4.37. The van der Waals surface area contributed by atoms with E-state index in [2.05, 4.69) is 20.8 Å². The zero-order chi connectivity index (χ0) is 18.6. The highest BCUT2D eigenvalue weighted by molar-refractivity contribution is 5.49. The summed E-state index contributed by atoms with van der Waals surface area (Å²) in [5.41, 5.74) is 1.50. The first kappa shape index (κ1) is 20.0. The van der Waals surface area contributed by atoms with Crippen molar-refractivity contribution in [3.8, 4) is 11.5 Å². The van der Waals surface area contributed by atoms with Crippen LogP contribution in [0.3, 0.4) is 0 Å². The van der Waals surface area contributed by atoms with Gasteiger partial charge in [0.05, 0.1) is 0 Å². The molecule has 1 aromatic carbocycles. The highest BCUT2D eigenvalue weighted by Crippen LogP contribution is 2.49. The SMILES string of the molecule is CC1CCC(C(C)C)C(c2c(O)cc(CCCCC(F)F)cc2O)C1. The molecule has 3 unspecified atom stereocenters. The summed E-state index contributed by atoms with van der Waals surface area (Å²) in [6.07, 6.45) is 2.65. The van der Waals surface area contributed by atoms with Gasteiger partial charge in [-0.3, -0.25) is 0 Å². The van der Waals surface area contributed by atoms with E-state index in [1.54, 1.807) is 12.1 Å². The van der Waals surface area contributed by atoms with Gasteiger partial charge in [0.25, 0.3) is 0 Å². The third kappa shape index (κ3) is 5.32. The largest absolute Gasteiger partial charge is 0.508 e. The molecule has 0 aliphatic heterocycles. The summed E-state index contributed by atoms with van der Waals surface area (Å²) in [5, 5.41) is 21.2. The Labute approximate surface area is 150 Å². The maximum atomic E-state index is 12.2. The Balaban J connectivity index is 2.15. The van der Waals surface area contributed by atoms with E-state index < -0.39 is 6.43 Å². The van der Waals surface area contributed by atoms with Gasteiger partial charge in [0.1, 0.15) is 11.5 Å². The number of benzene rings is 1. The molecular formula is C21H32F2O2. The Morgan fingerprint density at radius 2 is 1.72 bits per heavy atom. The van der Waals surface area contributed by atoms with E-state index in [4.69, 9.17) is 0 Å². The van der Waals surface area contributed by atoms with Gasteiger partial charge in [-0.15, -0.1) is 0 Å². The zero-order valence-electron chi connectivity index (χ0n) is 15.6. The summed E-state index contributed by atoms with van der Waals surface area (Å²) >= 11 is 0. The number of hydrogen-bond acceptors (Lipinski definition) is 2. The van der Waals surface area contributed by atoms with Gasteiger partial charge in [-0.05, 0) is 73.5 Å². The van der Waals surface area contributed by atoms with Crippen molar-refractivity contribution in [2.45, 2.75) is 78.1 Å². The van der Waals surface area contributed by atoms with Gasteiger partial charge in [0.15, 0.2) is 0 Å². The molecule has 1 aliphatic rings. The number of unbranched alkanes of at least 4 members (excludes halogenated alkanes) is 1. The van der Waals surface area contributed by atoms with Gasteiger partial charge in [-0.2, -0.15) is 0 Å². The minimum atomic E-state index is -2.26. The zero-order valence-corrected chi connectivity index (χ0v) is 15.6. The number of rotatable bonds is 7. The second-order valence-corrected chi connectivity index (χ2v) is 8.12. The number of aryl methyl sites for hydroxylation is 1. The van der Waals surface area contributed by atoms with Crippen molar-refractivity contribution < 1.29 is 19.0 Å². The highest BCUT2D eigenvalue weighted by atomic mass is 19.3. The number of aromatic hydroxyl groups is 2. The molecule has 0 bridgehead atoms. The average Bonchev–Trinajstić information content (AvgIpc) is 2.50. The van der Waals surface area contributed by atoms with Crippen LogP contribution >= 0.6 is 0 Å². The lowest BCUT2D eigenvalue weighted by molar-refractivity contribution is 0.134. The van der Waals surface area contributed by atoms with E-state index in [1.165, 1.54) is 6.42 Å². The van der Waals surface area contributed by atoms with Crippen molar-refractivity contribution in [3.05, 3.63) is 23.3 Å². The molecule has 142 valence electrons. The first-order chi connectivity index (χ1) is 11.8. The van der Waals surface area contributed by atoms with Crippen LogP contribution in [0.1, 0.15) is 76.3 Å². The lowest BCUT2D eigenvalue weighted by atomic mass is 9.67. The summed E-state index contributed by atoms with van der Waals surface area (Å²) in [5.74, 6) is 2.06. The quantitative estimate of drug-likeness (QED) is 0.568. The Bertz CT molecular complexity index is 534. The van der Waals surface area contributed by atoms with Crippen LogP contribution in [-0.4, -0.2) is 16.6 Å². The molecule has 25 heavy (non-hydrogen) atoms. The maximum absolute atomic E-state index is 12.2. The molecule has 3 atom stereocenters.